The van der Waals surface area contributed by atoms with Crippen LogP contribution >= 0.6 is 11.3 Å². The molecule has 79 heavy (non-hydrogen) atoms. The quantitative estimate of drug-likeness (QED) is 0.0296. The molecular weight excluding hydrogens is 1050 g/mol. The maximum Gasteiger partial charge on any atom is 0.408 e. The lowest BCUT2D eigenvalue weighted by Crippen LogP contribution is -2.64. The number of hydrogen-bond donors (Lipinski definition) is 7. The molecule has 4 amide bonds. The third-order valence-corrected chi connectivity index (χ3v) is 17.6. The summed E-state index contributed by atoms with van der Waals surface area (Å²) in [5, 5.41) is 26.9. The van der Waals surface area contributed by atoms with E-state index in [0.717, 1.165) is 65.6 Å². The third kappa shape index (κ3) is 12.1. The number of anilines is 3. The molecule has 3 aromatic heterocycles. The van der Waals surface area contributed by atoms with Crippen LogP contribution < -0.4 is 31.9 Å². The topological polar surface area (TPSA) is 299 Å². The van der Waals surface area contributed by atoms with Crippen LogP contribution in [0, 0.1) is 23.2 Å². The van der Waals surface area contributed by atoms with Gasteiger partial charge in [0.1, 0.15) is 30.3 Å². The standard InChI is InChI=1S/C56H64N10O11S2/c1-33(47(57)67)60-37-14-12-35(13-15-37)24-76-52(72)62-43(25-79(73,74)75)49(69)58-19-21-77-56-29-53(3)26-54(4,30-56)28-55(27-53,31-56)32-66-34(2)40(22-59-66)38-16-17-45(63-46(38)50(70)71)65-20-18-36-8-7-9-39(41(36)23-65)48(68)64-51-61-42-10-5-6-11-44(42)78-51/h5-17,22,33,43,60H,18-21,23-32H2,1-4H3,(H2,57,67)(H,58,69)(H,62,72)(H,70,71)(H,61,64,68)(H,73,74,75)/t33-,43-,53?,54?,55?,56?/m0/s1. The number of para-hydroxylation sites is 1. The van der Waals surface area contributed by atoms with Crippen LogP contribution in [0.5, 0.6) is 0 Å². The average molecular weight is 1120 g/mol. The van der Waals surface area contributed by atoms with E-state index in [1.165, 1.54) is 11.3 Å². The van der Waals surface area contributed by atoms with Crippen molar-refractivity contribution >= 4 is 78.1 Å². The Morgan fingerprint density at radius 3 is 2.35 bits per heavy atom. The summed E-state index contributed by atoms with van der Waals surface area (Å²) in [6.45, 7) is 9.52. The summed E-state index contributed by atoms with van der Waals surface area (Å²) in [4.78, 5) is 75.7. The molecule has 0 saturated heterocycles. The first kappa shape index (κ1) is 54.9. The van der Waals surface area contributed by atoms with E-state index in [-0.39, 0.29) is 47.6 Å². The molecule has 4 bridgehead atoms. The van der Waals surface area contributed by atoms with Gasteiger partial charge in [-0.3, -0.25) is 28.9 Å². The zero-order chi connectivity index (χ0) is 56.1. The summed E-state index contributed by atoms with van der Waals surface area (Å²) in [5.41, 5.74) is 10.6. The first-order valence-corrected chi connectivity index (χ1v) is 28.6. The fraction of sp³-hybridized carbons (Fsp3) is 0.429. The fourth-order valence-electron chi connectivity index (χ4n) is 13.7. The normalized spacial score (nSPS) is 22.9. The van der Waals surface area contributed by atoms with Crippen LogP contribution in [0.3, 0.4) is 0 Å². The molecule has 21 nitrogen and oxygen atoms in total. The van der Waals surface area contributed by atoms with Gasteiger partial charge < -0.3 is 41.2 Å². The van der Waals surface area contributed by atoms with E-state index >= 15 is 0 Å². The number of rotatable bonds is 20. The molecule has 11 rings (SSSR count). The number of carboxylic acids is 1. The van der Waals surface area contributed by atoms with Gasteiger partial charge in [-0.15, -0.1) is 0 Å². The highest BCUT2D eigenvalue weighted by Crippen LogP contribution is 2.72. The minimum Gasteiger partial charge on any atom is -0.476 e. The van der Waals surface area contributed by atoms with E-state index in [0.29, 0.717) is 64.9 Å². The minimum absolute atomic E-state index is 0.0100. The number of pyridine rings is 1. The average Bonchev–Trinajstić information content (AvgIpc) is 2.72. The first-order chi connectivity index (χ1) is 37.5. The number of nitrogens with two attached hydrogens (primary N) is 1. The molecule has 416 valence electrons. The summed E-state index contributed by atoms with van der Waals surface area (Å²) < 4.78 is 48.6. The second kappa shape index (κ2) is 21.3. The number of benzene rings is 3. The fourth-order valence-corrected chi connectivity index (χ4v) is 15.2. The lowest BCUT2D eigenvalue weighted by molar-refractivity contribution is -0.247. The van der Waals surface area contributed by atoms with Gasteiger partial charge in [0.05, 0.1) is 28.6 Å². The van der Waals surface area contributed by atoms with Crippen LogP contribution in [0.2, 0.25) is 0 Å². The number of carboxylic acid groups (broad SMARTS) is 1. The Labute approximate surface area is 460 Å². The molecule has 2 unspecified atom stereocenters. The molecule has 4 heterocycles. The molecule has 5 aliphatic rings. The van der Waals surface area contributed by atoms with Gasteiger partial charge in [-0.05, 0) is 134 Å². The molecule has 6 aromatic rings. The first-order valence-electron chi connectivity index (χ1n) is 26.2. The number of ether oxygens (including phenoxy) is 2. The van der Waals surface area contributed by atoms with Crippen molar-refractivity contribution in [2.75, 3.05) is 41.0 Å². The maximum atomic E-state index is 13.7. The lowest BCUT2D eigenvalue weighted by Gasteiger charge is -2.69. The Morgan fingerprint density at radius 1 is 0.899 bits per heavy atom. The minimum atomic E-state index is -4.71. The summed E-state index contributed by atoms with van der Waals surface area (Å²) in [7, 11) is -4.71. The van der Waals surface area contributed by atoms with Gasteiger partial charge in [0.2, 0.25) is 11.8 Å². The molecule has 0 spiro atoms. The molecule has 8 N–H and O–H groups in total. The molecule has 4 aliphatic carbocycles. The zero-order valence-electron chi connectivity index (χ0n) is 44.3. The smallest absolute Gasteiger partial charge is 0.408 e. The highest BCUT2D eigenvalue weighted by Gasteiger charge is 2.66. The number of nitrogens with one attached hydrogen (secondary N) is 4. The van der Waals surface area contributed by atoms with E-state index in [1.807, 2.05) is 59.0 Å². The van der Waals surface area contributed by atoms with Crippen molar-refractivity contribution in [2.24, 2.45) is 22.0 Å². The lowest BCUT2D eigenvalue weighted by atomic mass is 9.39. The molecule has 1 aliphatic heterocycles. The van der Waals surface area contributed by atoms with E-state index in [2.05, 4.69) is 40.1 Å². The number of nitrogens with zero attached hydrogens (tertiary/aromatic N) is 5. The summed E-state index contributed by atoms with van der Waals surface area (Å²) in [6, 6.07) is 21.3. The number of thiazole rings is 1. The van der Waals surface area contributed by atoms with Crippen LogP contribution in [-0.2, 0) is 55.3 Å². The number of aromatic carboxylic acids is 1. The SMILES string of the molecule is Cc1c(-c2ccc(N3CCc4cccc(C(=O)Nc5nc6ccccc6s5)c4C3)nc2C(=O)O)cnn1CC12CC3(C)CC(C)(C1)CC(OCCNC(=O)[C@H](CS(=O)(=O)O)NC(=O)OCc1ccc(N[C@@H](C)C(N)=O)cc1)(C3)C2. The Kier molecular flexibility index (Phi) is 14.8. The predicted molar refractivity (Wildman–Crippen MR) is 296 cm³/mol. The van der Waals surface area contributed by atoms with Crippen LogP contribution in [0.1, 0.15) is 103 Å². The maximum absolute atomic E-state index is 13.7. The number of carbonyl (C=O) groups excluding carboxylic acids is 4. The molecular formula is C56H64N10O11S2. The van der Waals surface area contributed by atoms with Crippen molar-refractivity contribution in [3.63, 3.8) is 0 Å². The Hall–Kier alpha value is -7.47. The Morgan fingerprint density at radius 2 is 1.65 bits per heavy atom. The number of alkyl carbamates (subject to hydrolysis) is 1. The van der Waals surface area contributed by atoms with E-state index in [9.17, 15) is 42.0 Å². The summed E-state index contributed by atoms with van der Waals surface area (Å²) in [6.07, 6.45) is 6.49. The van der Waals surface area contributed by atoms with Gasteiger partial charge in [-0.25, -0.2) is 19.6 Å². The van der Waals surface area contributed by atoms with Crippen molar-refractivity contribution in [3.8, 4) is 11.1 Å². The predicted octanol–water partition coefficient (Wildman–Crippen LogP) is 7.10. The molecule has 4 saturated carbocycles. The van der Waals surface area contributed by atoms with Gasteiger partial charge in [-0.1, -0.05) is 61.6 Å². The van der Waals surface area contributed by atoms with Crippen molar-refractivity contribution in [2.45, 2.75) is 110 Å². The van der Waals surface area contributed by atoms with E-state index in [1.54, 1.807) is 49.5 Å². The summed E-state index contributed by atoms with van der Waals surface area (Å²) in [5.74, 6) is -3.43. The number of carbonyl (C=O) groups is 5. The van der Waals surface area contributed by atoms with Gasteiger partial charge in [0.15, 0.2) is 10.8 Å². The Balaban J connectivity index is 0.782. The van der Waals surface area contributed by atoms with Crippen LogP contribution in [0.4, 0.5) is 21.4 Å². The number of aromatic nitrogens is 4. The third-order valence-electron chi connectivity index (χ3n) is 15.9. The van der Waals surface area contributed by atoms with Crippen LogP contribution in [0.25, 0.3) is 21.3 Å². The number of amides is 4. The van der Waals surface area contributed by atoms with Crippen molar-refractivity contribution in [1.82, 2.24) is 30.4 Å². The van der Waals surface area contributed by atoms with Gasteiger partial charge in [-0.2, -0.15) is 13.5 Å². The van der Waals surface area contributed by atoms with Crippen molar-refractivity contribution in [3.05, 3.63) is 119 Å². The molecule has 3 aromatic carbocycles. The van der Waals surface area contributed by atoms with Crippen LogP contribution in [-0.4, -0.2) is 111 Å². The zero-order valence-corrected chi connectivity index (χ0v) is 46.0. The second-order valence-corrected chi connectivity index (χ2v) is 25.2. The highest BCUT2D eigenvalue weighted by atomic mass is 32.2. The van der Waals surface area contributed by atoms with Crippen LogP contribution in [0.15, 0.2) is 85.1 Å². The second-order valence-electron chi connectivity index (χ2n) is 22.7. The summed E-state index contributed by atoms with van der Waals surface area (Å²) >= 11 is 1.41. The van der Waals surface area contributed by atoms with Crippen molar-refractivity contribution < 1.29 is 51.5 Å². The number of primary amides is 1. The molecule has 0 radical (unpaired) electrons. The largest absolute Gasteiger partial charge is 0.476 e. The number of hydrogen-bond acceptors (Lipinski definition) is 15. The van der Waals surface area contributed by atoms with Gasteiger partial charge >= 0.3 is 12.1 Å². The van der Waals surface area contributed by atoms with Gasteiger partial charge in [0.25, 0.3) is 16.0 Å². The van der Waals surface area contributed by atoms with Crippen molar-refractivity contribution in [1.29, 1.82) is 0 Å². The molecule has 4 fully saturated rings. The van der Waals surface area contributed by atoms with Gasteiger partial charge in [0, 0.05) is 54.3 Å². The number of fused-ring (bicyclic) bond motifs is 2. The van der Waals surface area contributed by atoms with E-state index < -0.39 is 57.4 Å². The molecule has 23 heteroatoms. The monoisotopic (exact) mass is 1120 g/mol. The van der Waals surface area contributed by atoms with E-state index in [4.69, 9.17) is 25.3 Å². The Bertz CT molecular complexity index is 3440. The molecule has 4 atom stereocenters. The highest BCUT2D eigenvalue weighted by molar-refractivity contribution is 7.85.